The average molecular weight is 373 g/mol. The molecule has 0 aromatic heterocycles. The Hall–Kier alpha value is -2.15. The quantitative estimate of drug-likeness (QED) is 0.493. The highest BCUT2D eigenvalue weighted by Crippen LogP contribution is 2.25. The smallest absolute Gasteiger partial charge is 0.267 e. The van der Waals surface area contributed by atoms with Gasteiger partial charge in [0.1, 0.15) is 5.02 Å². The number of carbonyl (C=O) groups excluding carboxylic acids is 1. The van der Waals surface area contributed by atoms with Crippen molar-refractivity contribution in [2.75, 3.05) is 0 Å². The Morgan fingerprint density at radius 1 is 1.17 bits per heavy atom. The van der Waals surface area contributed by atoms with Crippen molar-refractivity contribution in [3.63, 3.8) is 0 Å². The number of hydrogen-bond acceptors (Lipinski definition) is 4. The summed E-state index contributed by atoms with van der Waals surface area (Å²) in [6.45, 7) is 0. The van der Waals surface area contributed by atoms with E-state index in [2.05, 4.69) is 10.5 Å². The fourth-order valence-electron chi connectivity index (χ4n) is 1.64. The van der Waals surface area contributed by atoms with Gasteiger partial charge in [-0.15, -0.1) is 0 Å². The molecule has 1 amide bonds. The molecule has 0 radical (unpaired) electrons. The summed E-state index contributed by atoms with van der Waals surface area (Å²) in [6, 6.07) is 8.65. The normalized spacial score (nSPS) is 10.7. The minimum Gasteiger partial charge on any atom is -0.267 e. The lowest BCUT2D eigenvalue weighted by Crippen LogP contribution is -2.17. The predicted octanol–water partition coefficient (Wildman–Crippen LogP) is 4.32. The summed E-state index contributed by atoms with van der Waals surface area (Å²) in [5, 5.41) is 15.1. The molecule has 9 heteroatoms. The zero-order chi connectivity index (χ0) is 17.0. The Morgan fingerprint density at radius 2 is 1.91 bits per heavy atom. The van der Waals surface area contributed by atoms with Crippen LogP contribution in [0, 0.1) is 10.1 Å². The minimum atomic E-state index is -0.672. The molecule has 2 aromatic rings. The maximum Gasteiger partial charge on any atom is 0.288 e. The van der Waals surface area contributed by atoms with E-state index in [1.807, 2.05) is 0 Å². The van der Waals surface area contributed by atoms with Gasteiger partial charge in [-0.25, -0.2) is 5.43 Å². The number of nitrogens with zero attached hydrogens (tertiary/aromatic N) is 2. The van der Waals surface area contributed by atoms with E-state index >= 15 is 0 Å². The molecule has 6 nitrogen and oxygen atoms in total. The molecule has 2 aromatic carbocycles. The second-order valence-electron chi connectivity index (χ2n) is 4.27. The van der Waals surface area contributed by atoms with Crippen LogP contribution >= 0.6 is 34.8 Å². The SMILES string of the molecule is O=C(NN=Cc1cccc(Cl)c1Cl)c1ccc(Cl)c([N+](=O)[O-])c1. The van der Waals surface area contributed by atoms with E-state index in [9.17, 15) is 14.9 Å². The van der Waals surface area contributed by atoms with E-state index in [0.717, 1.165) is 6.07 Å². The summed E-state index contributed by atoms with van der Waals surface area (Å²) < 4.78 is 0. The fourth-order valence-corrected chi connectivity index (χ4v) is 2.18. The third-order valence-corrected chi connectivity index (χ3v) is 3.91. The molecule has 0 aliphatic heterocycles. The van der Waals surface area contributed by atoms with Gasteiger partial charge in [0.05, 0.1) is 21.2 Å². The highest BCUT2D eigenvalue weighted by atomic mass is 35.5. The molecule has 0 saturated carbocycles. The molecule has 1 N–H and O–H groups in total. The maximum absolute atomic E-state index is 11.9. The van der Waals surface area contributed by atoms with Gasteiger partial charge < -0.3 is 0 Å². The topological polar surface area (TPSA) is 84.6 Å². The van der Waals surface area contributed by atoms with E-state index < -0.39 is 10.8 Å². The highest BCUT2D eigenvalue weighted by molar-refractivity contribution is 6.43. The number of nitro benzene ring substituents is 1. The van der Waals surface area contributed by atoms with E-state index in [0.29, 0.717) is 15.6 Å². The third-order valence-electron chi connectivity index (χ3n) is 2.76. The van der Waals surface area contributed by atoms with Gasteiger partial charge in [-0.2, -0.15) is 5.10 Å². The fraction of sp³-hybridized carbons (Fsp3) is 0. The number of benzene rings is 2. The van der Waals surface area contributed by atoms with Crippen LogP contribution in [0.2, 0.25) is 15.1 Å². The number of halogens is 3. The maximum atomic E-state index is 11.9. The summed E-state index contributed by atoms with van der Waals surface area (Å²) in [5.41, 5.74) is 2.45. The largest absolute Gasteiger partial charge is 0.288 e. The summed E-state index contributed by atoms with van der Waals surface area (Å²) in [7, 11) is 0. The van der Waals surface area contributed by atoms with Crippen LogP contribution in [0.4, 0.5) is 5.69 Å². The van der Waals surface area contributed by atoms with Gasteiger partial charge in [-0.3, -0.25) is 14.9 Å². The second-order valence-corrected chi connectivity index (χ2v) is 5.46. The van der Waals surface area contributed by atoms with Crippen molar-refractivity contribution in [1.82, 2.24) is 5.43 Å². The molecule has 0 spiro atoms. The van der Waals surface area contributed by atoms with Crippen LogP contribution in [0.5, 0.6) is 0 Å². The number of rotatable bonds is 4. The molecule has 0 atom stereocenters. The monoisotopic (exact) mass is 371 g/mol. The molecular formula is C14H8Cl3N3O3. The van der Waals surface area contributed by atoms with Gasteiger partial charge in [-0.05, 0) is 18.2 Å². The predicted molar refractivity (Wildman–Crippen MR) is 89.6 cm³/mol. The van der Waals surface area contributed by atoms with E-state index in [4.69, 9.17) is 34.8 Å². The van der Waals surface area contributed by atoms with Gasteiger partial charge >= 0.3 is 0 Å². The van der Waals surface area contributed by atoms with Gasteiger partial charge in [0.25, 0.3) is 11.6 Å². The van der Waals surface area contributed by atoms with E-state index in [-0.39, 0.29) is 16.3 Å². The first-order valence-corrected chi connectivity index (χ1v) is 7.25. The number of nitrogens with one attached hydrogen (secondary N) is 1. The summed E-state index contributed by atoms with van der Waals surface area (Å²) in [5.74, 6) is -0.626. The molecule has 0 aliphatic carbocycles. The lowest BCUT2D eigenvalue weighted by atomic mass is 10.2. The molecule has 0 bridgehead atoms. The Labute approximate surface area is 145 Å². The first kappa shape index (κ1) is 17.2. The summed E-state index contributed by atoms with van der Waals surface area (Å²) >= 11 is 17.5. The first-order valence-electron chi connectivity index (χ1n) is 6.11. The molecule has 0 unspecified atom stereocenters. The standard InChI is InChI=1S/C14H8Cl3N3O3/c15-10-5-4-8(6-12(10)20(22)23)14(21)19-18-7-9-2-1-3-11(16)13(9)17/h1-7H,(H,19,21). The second kappa shape index (κ2) is 7.41. The molecule has 0 heterocycles. The van der Waals surface area contributed by atoms with Gasteiger partial charge in [0.15, 0.2) is 0 Å². The zero-order valence-corrected chi connectivity index (χ0v) is 13.6. The van der Waals surface area contributed by atoms with Crippen molar-refractivity contribution in [3.05, 3.63) is 72.7 Å². The van der Waals surface area contributed by atoms with Crippen LogP contribution in [-0.2, 0) is 0 Å². The van der Waals surface area contributed by atoms with Crippen LogP contribution in [0.15, 0.2) is 41.5 Å². The summed E-state index contributed by atoms with van der Waals surface area (Å²) in [4.78, 5) is 22.0. The lowest BCUT2D eigenvalue weighted by Gasteiger charge is -2.02. The molecule has 2 rings (SSSR count). The van der Waals surface area contributed by atoms with Crippen molar-refractivity contribution in [3.8, 4) is 0 Å². The van der Waals surface area contributed by atoms with E-state index in [1.165, 1.54) is 18.3 Å². The number of hydrazone groups is 1. The van der Waals surface area contributed by atoms with Crippen molar-refractivity contribution in [1.29, 1.82) is 0 Å². The van der Waals surface area contributed by atoms with Crippen molar-refractivity contribution in [2.24, 2.45) is 5.10 Å². The van der Waals surface area contributed by atoms with Crippen LogP contribution in [0.3, 0.4) is 0 Å². The summed E-state index contributed by atoms with van der Waals surface area (Å²) in [6.07, 6.45) is 1.32. The number of carbonyl (C=O) groups is 1. The first-order chi connectivity index (χ1) is 10.9. The Kier molecular flexibility index (Phi) is 5.54. The van der Waals surface area contributed by atoms with Gasteiger partial charge in [0.2, 0.25) is 0 Å². The number of amides is 1. The molecule has 0 saturated heterocycles. The van der Waals surface area contributed by atoms with Crippen LogP contribution < -0.4 is 5.43 Å². The molecule has 0 fully saturated rings. The van der Waals surface area contributed by atoms with Crippen LogP contribution in [-0.4, -0.2) is 17.0 Å². The molecular weight excluding hydrogens is 365 g/mol. The Bertz CT molecular complexity index is 809. The average Bonchev–Trinajstić information content (AvgIpc) is 2.51. The zero-order valence-electron chi connectivity index (χ0n) is 11.3. The Balaban J connectivity index is 2.14. The van der Waals surface area contributed by atoms with Gasteiger partial charge in [-0.1, -0.05) is 46.9 Å². The molecule has 0 aliphatic rings. The number of nitro groups is 1. The van der Waals surface area contributed by atoms with Crippen molar-refractivity contribution in [2.45, 2.75) is 0 Å². The third kappa shape index (κ3) is 4.19. The lowest BCUT2D eigenvalue weighted by molar-refractivity contribution is -0.384. The van der Waals surface area contributed by atoms with Crippen LogP contribution in [0.1, 0.15) is 15.9 Å². The van der Waals surface area contributed by atoms with Crippen molar-refractivity contribution >= 4 is 52.6 Å². The van der Waals surface area contributed by atoms with Crippen LogP contribution in [0.25, 0.3) is 0 Å². The number of hydrogen-bond donors (Lipinski definition) is 1. The van der Waals surface area contributed by atoms with Gasteiger partial charge in [0, 0.05) is 17.2 Å². The molecule has 23 heavy (non-hydrogen) atoms. The molecule has 118 valence electrons. The van der Waals surface area contributed by atoms with E-state index in [1.54, 1.807) is 18.2 Å². The van der Waals surface area contributed by atoms with Crippen molar-refractivity contribution < 1.29 is 9.72 Å². The minimum absolute atomic E-state index is 0.0513. The Morgan fingerprint density at radius 3 is 2.61 bits per heavy atom. The highest BCUT2D eigenvalue weighted by Gasteiger charge is 2.15.